The van der Waals surface area contributed by atoms with E-state index in [1.165, 1.54) is 0 Å². The molecule has 0 spiro atoms. The van der Waals surface area contributed by atoms with Crippen LogP contribution in [-0.4, -0.2) is 31.5 Å². The van der Waals surface area contributed by atoms with Gasteiger partial charge in [-0.1, -0.05) is 18.2 Å². The molecule has 2 unspecified atom stereocenters. The molecule has 0 radical (unpaired) electrons. The molecule has 1 aliphatic heterocycles. The van der Waals surface area contributed by atoms with Crippen molar-refractivity contribution in [1.29, 1.82) is 0 Å². The Bertz CT molecular complexity index is 309. The van der Waals surface area contributed by atoms with E-state index in [9.17, 15) is 5.11 Å². The fourth-order valence-electron chi connectivity index (χ4n) is 2.36. The molecule has 0 aromatic heterocycles. The van der Waals surface area contributed by atoms with Gasteiger partial charge in [-0.15, -0.1) is 0 Å². The van der Waals surface area contributed by atoms with Gasteiger partial charge in [-0.05, 0) is 36.8 Å². The van der Waals surface area contributed by atoms with Crippen LogP contribution >= 0.6 is 0 Å². The van der Waals surface area contributed by atoms with Gasteiger partial charge in [0.25, 0.3) is 0 Å². The number of aliphatic hydroxyl groups is 1. The molecule has 2 atom stereocenters. The highest BCUT2D eigenvalue weighted by Crippen LogP contribution is 2.24. The van der Waals surface area contributed by atoms with Crippen molar-refractivity contribution >= 4 is 5.69 Å². The lowest BCUT2D eigenvalue weighted by Crippen LogP contribution is -2.21. The minimum atomic E-state index is 0.268. The second-order valence-electron chi connectivity index (χ2n) is 4.65. The van der Waals surface area contributed by atoms with Crippen LogP contribution in [0.25, 0.3) is 0 Å². The van der Waals surface area contributed by atoms with E-state index in [1.807, 2.05) is 18.2 Å². The van der Waals surface area contributed by atoms with E-state index in [2.05, 4.69) is 17.4 Å². The first-order chi connectivity index (χ1) is 8.40. The number of hydrogen-bond donors (Lipinski definition) is 2. The molecule has 0 aliphatic carbocycles. The monoisotopic (exact) mass is 235 g/mol. The second kappa shape index (κ2) is 6.62. The van der Waals surface area contributed by atoms with Gasteiger partial charge >= 0.3 is 0 Å². The number of benzene rings is 1. The highest BCUT2D eigenvalue weighted by molar-refractivity contribution is 5.42. The zero-order valence-corrected chi connectivity index (χ0v) is 10.1. The van der Waals surface area contributed by atoms with Crippen LogP contribution in [0.15, 0.2) is 30.3 Å². The summed E-state index contributed by atoms with van der Waals surface area (Å²) < 4.78 is 5.37. The summed E-state index contributed by atoms with van der Waals surface area (Å²) in [5.74, 6) is 0.909. The first kappa shape index (κ1) is 12.4. The van der Waals surface area contributed by atoms with Crippen molar-refractivity contribution in [3.8, 4) is 0 Å². The summed E-state index contributed by atoms with van der Waals surface area (Å²) in [5, 5.41) is 12.8. The highest BCUT2D eigenvalue weighted by atomic mass is 16.5. The largest absolute Gasteiger partial charge is 0.396 e. The zero-order valence-electron chi connectivity index (χ0n) is 10.1. The van der Waals surface area contributed by atoms with E-state index in [1.54, 1.807) is 0 Å². The third-order valence-electron chi connectivity index (χ3n) is 3.48. The van der Waals surface area contributed by atoms with E-state index < -0.39 is 0 Å². The van der Waals surface area contributed by atoms with Crippen LogP contribution in [0.2, 0.25) is 0 Å². The number of hydrogen-bond acceptors (Lipinski definition) is 3. The molecule has 17 heavy (non-hydrogen) atoms. The SMILES string of the molecule is OCC(CCNc1ccccc1)C1CCOC1. The minimum Gasteiger partial charge on any atom is -0.396 e. The lowest BCUT2D eigenvalue weighted by molar-refractivity contribution is 0.136. The minimum absolute atomic E-state index is 0.268. The van der Waals surface area contributed by atoms with Crippen molar-refractivity contribution in [3.63, 3.8) is 0 Å². The topological polar surface area (TPSA) is 41.5 Å². The fourth-order valence-corrected chi connectivity index (χ4v) is 2.36. The third-order valence-corrected chi connectivity index (χ3v) is 3.48. The van der Waals surface area contributed by atoms with Crippen LogP contribution in [-0.2, 0) is 4.74 Å². The molecule has 1 aromatic rings. The number of ether oxygens (including phenoxy) is 1. The zero-order chi connectivity index (χ0) is 11.9. The molecule has 1 fully saturated rings. The van der Waals surface area contributed by atoms with Gasteiger partial charge < -0.3 is 15.2 Å². The van der Waals surface area contributed by atoms with Gasteiger partial charge in [-0.3, -0.25) is 0 Å². The van der Waals surface area contributed by atoms with Crippen LogP contribution in [0.3, 0.4) is 0 Å². The summed E-state index contributed by atoms with van der Waals surface area (Å²) >= 11 is 0. The van der Waals surface area contributed by atoms with Crippen LogP contribution in [0, 0.1) is 11.8 Å². The summed E-state index contributed by atoms with van der Waals surface area (Å²) in [7, 11) is 0. The molecule has 1 heterocycles. The van der Waals surface area contributed by atoms with Gasteiger partial charge in [0.15, 0.2) is 0 Å². The molecule has 0 saturated carbocycles. The normalized spacial score (nSPS) is 21.4. The van der Waals surface area contributed by atoms with Gasteiger partial charge in [0.1, 0.15) is 0 Å². The Morgan fingerprint density at radius 3 is 2.82 bits per heavy atom. The maximum absolute atomic E-state index is 9.40. The van der Waals surface area contributed by atoms with Crippen molar-refractivity contribution < 1.29 is 9.84 Å². The maximum Gasteiger partial charge on any atom is 0.0498 e. The molecule has 1 aromatic carbocycles. The van der Waals surface area contributed by atoms with Crippen LogP contribution < -0.4 is 5.32 Å². The molecule has 1 aliphatic rings. The Hall–Kier alpha value is -1.06. The summed E-state index contributed by atoms with van der Waals surface area (Å²) in [5.41, 5.74) is 1.15. The lowest BCUT2D eigenvalue weighted by atomic mass is 9.89. The van der Waals surface area contributed by atoms with Crippen molar-refractivity contribution in [1.82, 2.24) is 0 Å². The molecule has 2 N–H and O–H groups in total. The summed E-state index contributed by atoms with van der Waals surface area (Å²) in [4.78, 5) is 0. The van der Waals surface area contributed by atoms with Crippen LogP contribution in [0.1, 0.15) is 12.8 Å². The van der Waals surface area contributed by atoms with E-state index in [0.29, 0.717) is 11.8 Å². The van der Waals surface area contributed by atoms with Crippen molar-refractivity contribution in [2.45, 2.75) is 12.8 Å². The molecule has 94 valence electrons. The smallest absolute Gasteiger partial charge is 0.0498 e. The van der Waals surface area contributed by atoms with E-state index in [4.69, 9.17) is 4.74 Å². The van der Waals surface area contributed by atoms with Gasteiger partial charge in [0, 0.05) is 32.1 Å². The first-order valence-corrected chi connectivity index (χ1v) is 6.37. The van der Waals surface area contributed by atoms with E-state index >= 15 is 0 Å². The first-order valence-electron chi connectivity index (χ1n) is 6.37. The second-order valence-corrected chi connectivity index (χ2v) is 4.65. The Balaban J connectivity index is 1.72. The summed E-state index contributed by atoms with van der Waals surface area (Å²) in [6, 6.07) is 10.2. The van der Waals surface area contributed by atoms with Gasteiger partial charge in [-0.25, -0.2) is 0 Å². The van der Waals surface area contributed by atoms with E-state index in [0.717, 1.165) is 38.3 Å². The fraction of sp³-hybridized carbons (Fsp3) is 0.571. The average molecular weight is 235 g/mol. The Morgan fingerprint density at radius 2 is 2.18 bits per heavy atom. The molecule has 1 saturated heterocycles. The van der Waals surface area contributed by atoms with Crippen molar-refractivity contribution in [3.05, 3.63) is 30.3 Å². The Labute approximate surface area is 103 Å². The quantitative estimate of drug-likeness (QED) is 0.793. The molecular weight excluding hydrogens is 214 g/mol. The van der Waals surface area contributed by atoms with Gasteiger partial charge in [0.05, 0.1) is 0 Å². The number of anilines is 1. The number of nitrogens with one attached hydrogen (secondary N) is 1. The number of aliphatic hydroxyl groups excluding tert-OH is 1. The molecular formula is C14H21NO2. The molecule has 0 amide bonds. The van der Waals surface area contributed by atoms with Crippen molar-refractivity contribution in [2.75, 3.05) is 31.7 Å². The van der Waals surface area contributed by atoms with Gasteiger partial charge in [0.2, 0.25) is 0 Å². The molecule has 2 rings (SSSR count). The van der Waals surface area contributed by atoms with Crippen LogP contribution in [0.4, 0.5) is 5.69 Å². The summed E-state index contributed by atoms with van der Waals surface area (Å²) in [6.45, 7) is 2.85. The third kappa shape index (κ3) is 3.72. The maximum atomic E-state index is 9.40. The lowest BCUT2D eigenvalue weighted by Gasteiger charge is -2.20. The standard InChI is InChI=1S/C14H21NO2/c16-10-12(13-7-9-17-11-13)6-8-15-14-4-2-1-3-5-14/h1-5,12-13,15-16H,6-11H2. The average Bonchev–Trinajstić information content (AvgIpc) is 2.90. The number of rotatable bonds is 6. The van der Waals surface area contributed by atoms with Crippen LogP contribution in [0.5, 0.6) is 0 Å². The Morgan fingerprint density at radius 1 is 1.35 bits per heavy atom. The summed E-state index contributed by atoms with van der Waals surface area (Å²) in [6.07, 6.45) is 2.09. The van der Waals surface area contributed by atoms with E-state index in [-0.39, 0.29) is 6.61 Å². The molecule has 3 heteroatoms. The highest BCUT2D eigenvalue weighted by Gasteiger charge is 2.24. The van der Waals surface area contributed by atoms with Gasteiger partial charge in [-0.2, -0.15) is 0 Å². The Kier molecular flexibility index (Phi) is 4.83. The number of para-hydroxylation sites is 1. The molecule has 0 bridgehead atoms. The predicted octanol–water partition coefficient (Wildman–Crippen LogP) is 2.13. The van der Waals surface area contributed by atoms with Crippen molar-refractivity contribution in [2.24, 2.45) is 11.8 Å². The predicted molar refractivity (Wildman–Crippen MR) is 69.1 cm³/mol. The molecule has 3 nitrogen and oxygen atoms in total.